The minimum absolute atomic E-state index is 0.144. The molecular weight excluding hydrogens is 222 g/mol. The van der Waals surface area contributed by atoms with Gasteiger partial charge in [0, 0.05) is 12.6 Å². The highest BCUT2D eigenvalue weighted by Gasteiger charge is 2.45. The van der Waals surface area contributed by atoms with Crippen molar-refractivity contribution in [2.24, 2.45) is 0 Å². The molecule has 1 N–H and O–H groups in total. The molecule has 2 nitrogen and oxygen atoms in total. The molecular formula is C16H21NO. The summed E-state index contributed by atoms with van der Waals surface area (Å²) in [5.41, 5.74) is 3.08. The van der Waals surface area contributed by atoms with Gasteiger partial charge in [-0.3, -0.25) is 0 Å². The Morgan fingerprint density at radius 3 is 2.89 bits per heavy atom. The number of fused-ring (bicyclic) bond motifs is 3. The van der Waals surface area contributed by atoms with Crippen LogP contribution in [-0.4, -0.2) is 18.2 Å². The summed E-state index contributed by atoms with van der Waals surface area (Å²) in [6, 6.07) is 9.37. The average molecular weight is 243 g/mol. The number of aryl methyl sites for hydroxylation is 1. The van der Waals surface area contributed by atoms with Crippen LogP contribution < -0.4 is 5.32 Å². The van der Waals surface area contributed by atoms with E-state index in [1.807, 2.05) is 0 Å². The van der Waals surface area contributed by atoms with Gasteiger partial charge in [-0.2, -0.15) is 0 Å². The third-order valence-corrected chi connectivity index (χ3v) is 5.03. The van der Waals surface area contributed by atoms with Gasteiger partial charge < -0.3 is 10.1 Å². The fraction of sp³-hybridized carbons (Fsp3) is 0.625. The number of benzene rings is 1. The van der Waals surface area contributed by atoms with E-state index in [9.17, 15) is 0 Å². The molecule has 1 heterocycles. The summed E-state index contributed by atoms with van der Waals surface area (Å²) < 4.78 is 6.60. The lowest BCUT2D eigenvalue weighted by molar-refractivity contribution is -0.138. The van der Waals surface area contributed by atoms with E-state index >= 15 is 0 Å². The maximum atomic E-state index is 6.60. The largest absolute Gasteiger partial charge is 0.364 e. The lowest BCUT2D eigenvalue weighted by atomic mass is 9.83. The van der Waals surface area contributed by atoms with E-state index in [4.69, 9.17) is 4.74 Å². The molecule has 0 bridgehead atoms. The average Bonchev–Trinajstić information content (AvgIpc) is 2.87. The summed E-state index contributed by atoms with van der Waals surface area (Å²) in [5, 5.41) is 3.77. The topological polar surface area (TPSA) is 21.3 Å². The number of ether oxygens (including phenoxy) is 1. The van der Waals surface area contributed by atoms with Gasteiger partial charge in [-0.25, -0.2) is 0 Å². The van der Waals surface area contributed by atoms with Crippen molar-refractivity contribution >= 4 is 0 Å². The first kappa shape index (κ1) is 11.0. The number of hydrogen-bond acceptors (Lipinski definition) is 2. The Morgan fingerprint density at radius 1 is 1.17 bits per heavy atom. The van der Waals surface area contributed by atoms with Gasteiger partial charge in [0.1, 0.15) is 0 Å². The molecule has 1 spiro atoms. The van der Waals surface area contributed by atoms with Gasteiger partial charge in [-0.05, 0) is 36.8 Å². The molecule has 4 rings (SSSR count). The molecule has 1 saturated carbocycles. The number of nitrogens with one attached hydrogen (secondary N) is 1. The zero-order valence-corrected chi connectivity index (χ0v) is 10.8. The zero-order valence-electron chi connectivity index (χ0n) is 10.8. The Bertz CT molecular complexity index is 450. The van der Waals surface area contributed by atoms with E-state index in [1.165, 1.54) is 49.7 Å². The van der Waals surface area contributed by atoms with E-state index in [0.29, 0.717) is 12.1 Å². The molecule has 2 aliphatic carbocycles. The zero-order chi connectivity index (χ0) is 12.0. The van der Waals surface area contributed by atoms with Crippen LogP contribution in [0.15, 0.2) is 24.3 Å². The molecule has 2 unspecified atom stereocenters. The van der Waals surface area contributed by atoms with Crippen molar-refractivity contribution in [2.75, 3.05) is 6.54 Å². The van der Waals surface area contributed by atoms with Gasteiger partial charge in [0.2, 0.25) is 0 Å². The lowest BCUT2D eigenvalue weighted by Crippen LogP contribution is -2.55. The van der Waals surface area contributed by atoms with Crippen LogP contribution in [0.1, 0.15) is 49.3 Å². The molecule has 2 atom stereocenters. The molecule has 0 amide bonds. The van der Waals surface area contributed by atoms with Crippen LogP contribution in [0.4, 0.5) is 0 Å². The van der Waals surface area contributed by atoms with Gasteiger partial charge in [-0.15, -0.1) is 0 Å². The number of rotatable bonds is 0. The smallest absolute Gasteiger partial charge is 0.0988 e. The third-order valence-electron chi connectivity index (χ3n) is 5.03. The molecule has 3 aliphatic rings. The third kappa shape index (κ3) is 1.63. The second-order valence-electron chi connectivity index (χ2n) is 6.15. The first-order chi connectivity index (χ1) is 8.86. The summed E-state index contributed by atoms with van der Waals surface area (Å²) in [6.45, 7) is 1.07. The number of morpholine rings is 1. The van der Waals surface area contributed by atoms with Gasteiger partial charge in [0.25, 0.3) is 0 Å². The SMILES string of the molecule is c1ccc2c(c1)CCC1NCC3(CCCC3)OC21. The van der Waals surface area contributed by atoms with E-state index < -0.39 is 0 Å². The Labute approximate surface area is 109 Å². The van der Waals surface area contributed by atoms with Crippen LogP contribution in [0.5, 0.6) is 0 Å². The molecule has 96 valence electrons. The van der Waals surface area contributed by atoms with Crippen molar-refractivity contribution in [3.63, 3.8) is 0 Å². The van der Waals surface area contributed by atoms with Crippen molar-refractivity contribution in [3.8, 4) is 0 Å². The van der Waals surface area contributed by atoms with Crippen LogP contribution in [0.2, 0.25) is 0 Å². The van der Waals surface area contributed by atoms with Crippen LogP contribution in [0, 0.1) is 0 Å². The van der Waals surface area contributed by atoms with Crippen LogP contribution >= 0.6 is 0 Å². The molecule has 1 saturated heterocycles. The minimum Gasteiger partial charge on any atom is -0.364 e. The van der Waals surface area contributed by atoms with E-state index in [0.717, 1.165) is 6.54 Å². The maximum Gasteiger partial charge on any atom is 0.0988 e. The second kappa shape index (κ2) is 4.07. The fourth-order valence-corrected chi connectivity index (χ4v) is 4.02. The predicted molar refractivity (Wildman–Crippen MR) is 71.6 cm³/mol. The Hall–Kier alpha value is -0.860. The maximum absolute atomic E-state index is 6.60. The lowest BCUT2D eigenvalue weighted by Gasteiger charge is -2.46. The van der Waals surface area contributed by atoms with E-state index in [2.05, 4.69) is 29.6 Å². The van der Waals surface area contributed by atoms with Crippen molar-refractivity contribution in [3.05, 3.63) is 35.4 Å². The summed E-state index contributed by atoms with van der Waals surface area (Å²) in [5.74, 6) is 0. The van der Waals surface area contributed by atoms with E-state index in [1.54, 1.807) is 0 Å². The number of hydrogen-bond donors (Lipinski definition) is 1. The van der Waals surface area contributed by atoms with Crippen LogP contribution in [0.3, 0.4) is 0 Å². The van der Waals surface area contributed by atoms with E-state index in [-0.39, 0.29) is 5.60 Å². The minimum atomic E-state index is 0.144. The Kier molecular flexibility index (Phi) is 2.49. The second-order valence-corrected chi connectivity index (χ2v) is 6.15. The van der Waals surface area contributed by atoms with Crippen molar-refractivity contribution in [1.29, 1.82) is 0 Å². The van der Waals surface area contributed by atoms with Gasteiger partial charge in [0.05, 0.1) is 11.7 Å². The highest BCUT2D eigenvalue weighted by atomic mass is 16.5. The van der Waals surface area contributed by atoms with Crippen LogP contribution in [-0.2, 0) is 11.2 Å². The first-order valence-corrected chi connectivity index (χ1v) is 7.35. The summed E-state index contributed by atoms with van der Waals surface area (Å²) in [4.78, 5) is 0. The standard InChI is InChI=1S/C16H21NO/c1-2-6-13-12(5-1)7-8-14-15(13)18-16(11-17-14)9-3-4-10-16/h1-2,5-6,14-15,17H,3-4,7-11H2. The molecule has 18 heavy (non-hydrogen) atoms. The molecule has 0 aromatic heterocycles. The van der Waals surface area contributed by atoms with Crippen molar-refractivity contribution in [1.82, 2.24) is 5.32 Å². The van der Waals surface area contributed by atoms with Gasteiger partial charge in [0.15, 0.2) is 0 Å². The molecule has 0 radical (unpaired) electrons. The fourth-order valence-electron chi connectivity index (χ4n) is 4.02. The van der Waals surface area contributed by atoms with Crippen molar-refractivity contribution < 1.29 is 4.74 Å². The highest BCUT2D eigenvalue weighted by Crippen LogP contribution is 2.44. The van der Waals surface area contributed by atoms with Gasteiger partial charge in [-0.1, -0.05) is 37.1 Å². The summed E-state index contributed by atoms with van der Waals surface area (Å²) in [7, 11) is 0. The highest BCUT2D eigenvalue weighted by molar-refractivity contribution is 5.33. The molecule has 1 aromatic carbocycles. The summed E-state index contributed by atoms with van der Waals surface area (Å²) >= 11 is 0. The van der Waals surface area contributed by atoms with Crippen LogP contribution in [0.25, 0.3) is 0 Å². The molecule has 1 aromatic rings. The normalized spacial score (nSPS) is 33.1. The Morgan fingerprint density at radius 2 is 2.00 bits per heavy atom. The molecule has 2 heteroatoms. The first-order valence-electron chi connectivity index (χ1n) is 7.35. The monoisotopic (exact) mass is 243 g/mol. The molecule has 1 aliphatic heterocycles. The van der Waals surface area contributed by atoms with Gasteiger partial charge >= 0.3 is 0 Å². The predicted octanol–water partition coefficient (Wildman–Crippen LogP) is 2.98. The molecule has 2 fully saturated rings. The van der Waals surface area contributed by atoms with Crippen molar-refractivity contribution in [2.45, 2.75) is 56.3 Å². The Balaban J connectivity index is 1.68. The summed E-state index contributed by atoms with van der Waals surface area (Å²) in [6.07, 6.45) is 7.86. The quantitative estimate of drug-likeness (QED) is 0.756.